The predicted molar refractivity (Wildman–Crippen MR) is 125 cm³/mol. The van der Waals surface area contributed by atoms with Gasteiger partial charge in [0.1, 0.15) is 0 Å². The van der Waals surface area contributed by atoms with Gasteiger partial charge in [0.15, 0.2) is 0 Å². The van der Waals surface area contributed by atoms with E-state index in [1.165, 1.54) is 49.4 Å². The van der Waals surface area contributed by atoms with Crippen molar-refractivity contribution in [2.45, 2.75) is 30.6 Å². The van der Waals surface area contributed by atoms with Gasteiger partial charge in [-0.15, -0.1) is 0 Å². The highest BCUT2D eigenvalue weighted by atomic mass is 32.2. The van der Waals surface area contributed by atoms with E-state index in [4.69, 9.17) is 0 Å². The first kappa shape index (κ1) is 23.3. The molecule has 0 heterocycles. The number of amides is 1. The second-order valence-corrected chi connectivity index (χ2v) is 10.6. The molecule has 0 aromatic heterocycles. The van der Waals surface area contributed by atoms with Gasteiger partial charge < -0.3 is 5.32 Å². The molecule has 3 aromatic carbocycles. The number of carbonyl (C=O) groups is 1. The maximum Gasteiger partial charge on any atom is 0.261 e. The standard InChI is InChI=1S/C22H23N3O5S2/c1-15-4-9-19(10-5-15)31(27,28)24-21-13-8-18(23-17(3)26)14-22(21)25-32(29,30)20-11-6-16(2)7-12-20/h4-14,24-25H,1-3H3,(H,23,26). The fourth-order valence-corrected chi connectivity index (χ4v) is 4.99. The fourth-order valence-electron chi connectivity index (χ4n) is 2.84. The van der Waals surface area contributed by atoms with Crippen molar-refractivity contribution in [3.05, 3.63) is 77.9 Å². The lowest BCUT2D eigenvalue weighted by Gasteiger charge is -2.16. The van der Waals surface area contributed by atoms with Gasteiger partial charge in [0, 0.05) is 12.6 Å². The Labute approximate surface area is 187 Å². The van der Waals surface area contributed by atoms with Crippen molar-refractivity contribution in [1.82, 2.24) is 0 Å². The van der Waals surface area contributed by atoms with E-state index in [2.05, 4.69) is 14.8 Å². The number of aryl methyl sites for hydroxylation is 2. The minimum absolute atomic E-state index is 0.00960. The molecule has 0 saturated carbocycles. The molecule has 168 valence electrons. The van der Waals surface area contributed by atoms with Crippen molar-refractivity contribution >= 4 is 43.0 Å². The van der Waals surface area contributed by atoms with Crippen LogP contribution in [0.1, 0.15) is 18.1 Å². The Kier molecular flexibility index (Phi) is 6.56. The second kappa shape index (κ2) is 9.01. The van der Waals surface area contributed by atoms with Gasteiger partial charge >= 0.3 is 0 Å². The van der Waals surface area contributed by atoms with E-state index < -0.39 is 20.0 Å². The molecule has 10 heteroatoms. The highest BCUT2D eigenvalue weighted by molar-refractivity contribution is 7.93. The maximum absolute atomic E-state index is 12.9. The molecule has 8 nitrogen and oxygen atoms in total. The second-order valence-electron chi connectivity index (χ2n) is 7.28. The summed E-state index contributed by atoms with van der Waals surface area (Å²) in [6, 6.07) is 16.6. The molecule has 0 unspecified atom stereocenters. The van der Waals surface area contributed by atoms with Gasteiger partial charge in [0.05, 0.1) is 21.2 Å². The molecule has 3 rings (SSSR count). The van der Waals surface area contributed by atoms with Crippen LogP contribution in [0.15, 0.2) is 76.5 Å². The third-order valence-corrected chi connectivity index (χ3v) is 7.25. The predicted octanol–water partition coefficient (Wildman–Crippen LogP) is 3.86. The zero-order valence-corrected chi connectivity index (χ0v) is 19.3. The molecule has 0 aliphatic carbocycles. The molecular formula is C22H23N3O5S2. The Morgan fingerprint density at radius 3 is 1.53 bits per heavy atom. The molecule has 0 atom stereocenters. The van der Waals surface area contributed by atoms with E-state index in [0.717, 1.165) is 11.1 Å². The number of rotatable bonds is 7. The van der Waals surface area contributed by atoms with Gasteiger partial charge in [-0.2, -0.15) is 0 Å². The van der Waals surface area contributed by atoms with Gasteiger partial charge in [-0.05, 0) is 56.3 Å². The average Bonchev–Trinajstić information content (AvgIpc) is 2.70. The van der Waals surface area contributed by atoms with Crippen LogP contribution < -0.4 is 14.8 Å². The van der Waals surface area contributed by atoms with Crippen LogP contribution in [0.5, 0.6) is 0 Å². The highest BCUT2D eigenvalue weighted by Gasteiger charge is 2.20. The van der Waals surface area contributed by atoms with Crippen molar-refractivity contribution < 1.29 is 21.6 Å². The molecule has 0 aliphatic heterocycles. The van der Waals surface area contributed by atoms with Crippen molar-refractivity contribution in [1.29, 1.82) is 0 Å². The Morgan fingerprint density at radius 2 is 1.09 bits per heavy atom. The largest absolute Gasteiger partial charge is 0.326 e. The lowest BCUT2D eigenvalue weighted by atomic mass is 10.2. The first-order valence-corrected chi connectivity index (χ1v) is 12.5. The Balaban J connectivity index is 2.01. The first-order valence-electron chi connectivity index (χ1n) is 9.57. The van der Waals surface area contributed by atoms with Crippen LogP contribution in [-0.2, 0) is 24.8 Å². The molecule has 3 N–H and O–H groups in total. The summed E-state index contributed by atoms with van der Waals surface area (Å²) in [7, 11) is -8.01. The van der Waals surface area contributed by atoms with Crippen LogP contribution in [0, 0.1) is 13.8 Å². The third kappa shape index (κ3) is 5.65. The zero-order chi connectivity index (χ0) is 23.5. The van der Waals surface area contributed by atoms with E-state index in [9.17, 15) is 21.6 Å². The van der Waals surface area contributed by atoms with Crippen molar-refractivity contribution in [3.8, 4) is 0 Å². The van der Waals surface area contributed by atoms with E-state index in [1.807, 2.05) is 13.8 Å². The van der Waals surface area contributed by atoms with Gasteiger partial charge in [0.25, 0.3) is 20.0 Å². The molecular weight excluding hydrogens is 450 g/mol. The molecule has 32 heavy (non-hydrogen) atoms. The zero-order valence-electron chi connectivity index (χ0n) is 17.7. The summed E-state index contributed by atoms with van der Waals surface area (Å²) in [4.78, 5) is 11.5. The monoisotopic (exact) mass is 473 g/mol. The number of anilines is 3. The molecule has 0 aliphatic rings. The van der Waals surface area contributed by atoms with Gasteiger partial charge in [0.2, 0.25) is 5.91 Å². The van der Waals surface area contributed by atoms with Gasteiger partial charge in [-0.25, -0.2) is 16.8 Å². The summed E-state index contributed by atoms with van der Waals surface area (Å²) in [6.07, 6.45) is 0. The third-order valence-electron chi connectivity index (χ3n) is 4.49. The average molecular weight is 474 g/mol. The molecule has 0 bridgehead atoms. The van der Waals surface area contributed by atoms with Crippen LogP contribution >= 0.6 is 0 Å². The minimum Gasteiger partial charge on any atom is -0.326 e. The van der Waals surface area contributed by atoms with Crippen LogP contribution in [-0.4, -0.2) is 22.7 Å². The molecule has 0 saturated heterocycles. The SMILES string of the molecule is CC(=O)Nc1ccc(NS(=O)(=O)c2ccc(C)cc2)c(NS(=O)(=O)c2ccc(C)cc2)c1. The highest BCUT2D eigenvalue weighted by Crippen LogP contribution is 2.30. The Bertz CT molecular complexity index is 1350. The Morgan fingerprint density at radius 1 is 0.656 bits per heavy atom. The quantitative estimate of drug-likeness (QED) is 0.481. The van der Waals surface area contributed by atoms with Crippen LogP contribution in [0.25, 0.3) is 0 Å². The molecule has 1 amide bonds. The summed E-state index contributed by atoms with van der Waals surface area (Å²) in [6.45, 7) is 4.98. The number of sulfonamides is 2. The normalized spacial score (nSPS) is 11.6. The van der Waals surface area contributed by atoms with Crippen LogP contribution in [0.4, 0.5) is 17.1 Å². The van der Waals surface area contributed by atoms with Gasteiger partial charge in [-0.3, -0.25) is 14.2 Å². The minimum atomic E-state index is -4.02. The van der Waals surface area contributed by atoms with Crippen molar-refractivity contribution in [3.63, 3.8) is 0 Å². The molecule has 3 aromatic rings. The number of hydrogen-bond acceptors (Lipinski definition) is 5. The lowest BCUT2D eigenvalue weighted by molar-refractivity contribution is -0.114. The summed E-state index contributed by atoms with van der Waals surface area (Å²) < 4.78 is 56.3. The summed E-state index contributed by atoms with van der Waals surface area (Å²) in [5.74, 6) is -0.356. The topological polar surface area (TPSA) is 121 Å². The molecule has 0 spiro atoms. The van der Waals surface area contributed by atoms with E-state index in [0.29, 0.717) is 5.69 Å². The van der Waals surface area contributed by atoms with E-state index in [1.54, 1.807) is 24.3 Å². The van der Waals surface area contributed by atoms with Crippen LogP contribution in [0.2, 0.25) is 0 Å². The number of nitrogens with one attached hydrogen (secondary N) is 3. The van der Waals surface area contributed by atoms with Gasteiger partial charge in [-0.1, -0.05) is 35.4 Å². The maximum atomic E-state index is 12.9. The molecule has 0 fully saturated rings. The van der Waals surface area contributed by atoms with Crippen molar-refractivity contribution in [2.24, 2.45) is 0 Å². The number of benzene rings is 3. The summed E-state index contributed by atoms with van der Waals surface area (Å²) in [5.41, 5.74) is 2.07. The first-order chi connectivity index (χ1) is 15.0. The van der Waals surface area contributed by atoms with Crippen LogP contribution in [0.3, 0.4) is 0 Å². The number of hydrogen-bond donors (Lipinski definition) is 3. The van der Waals surface area contributed by atoms with Crippen molar-refractivity contribution in [2.75, 3.05) is 14.8 Å². The summed E-state index contributed by atoms with van der Waals surface area (Å²) in [5, 5.41) is 2.56. The number of carbonyl (C=O) groups excluding carboxylic acids is 1. The van der Waals surface area contributed by atoms with E-state index in [-0.39, 0.29) is 27.1 Å². The lowest BCUT2D eigenvalue weighted by Crippen LogP contribution is -2.18. The fraction of sp³-hybridized carbons (Fsp3) is 0.136. The Hall–Kier alpha value is -3.37. The smallest absolute Gasteiger partial charge is 0.261 e. The van der Waals surface area contributed by atoms with E-state index >= 15 is 0 Å². The summed E-state index contributed by atoms with van der Waals surface area (Å²) >= 11 is 0. The molecule has 0 radical (unpaired) electrons.